The Morgan fingerprint density at radius 1 is 1.26 bits per heavy atom. The predicted molar refractivity (Wildman–Crippen MR) is 91.4 cm³/mol. The largest absolute Gasteiger partial charge is 0.460 e. The maximum atomic E-state index is 12.1. The van der Waals surface area contributed by atoms with Crippen LogP contribution in [0.3, 0.4) is 0 Å². The first kappa shape index (κ1) is 17.7. The zero-order valence-electron chi connectivity index (χ0n) is 14.8. The van der Waals surface area contributed by atoms with Crippen molar-refractivity contribution in [2.24, 2.45) is 5.92 Å². The van der Waals surface area contributed by atoms with Crippen LogP contribution in [0.5, 0.6) is 0 Å². The van der Waals surface area contributed by atoms with Crippen molar-refractivity contribution in [3.05, 3.63) is 18.0 Å². The molecule has 1 N–H and O–H groups in total. The fourth-order valence-electron chi connectivity index (χ4n) is 2.81. The highest BCUT2D eigenvalue weighted by Gasteiger charge is 2.23. The van der Waals surface area contributed by atoms with E-state index in [0.717, 1.165) is 18.0 Å². The Kier molecular flexibility index (Phi) is 5.97. The second kappa shape index (κ2) is 7.75. The number of hydrogen-bond acceptors (Lipinski definition) is 5. The van der Waals surface area contributed by atoms with Crippen LogP contribution in [0.15, 0.2) is 12.4 Å². The number of esters is 1. The van der Waals surface area contributed by atoms with E-state index in [9.17, 15) is 4.79 Å². The fourth-order valence-corrected chi connectivity index (χ4v) is 2.81. The number of carbonyl (C=O) groups is 1. The molecule has 1 aliphatic carbocycles. The lowest BCUT2D eigenvalue weighted by Gasteiger charge is -2.22. The van der Waals surface area contributed by atoms with Crippen molar-refractivity contribution in [1.29, 1.82) is 0 Å². The summed E-state index contributed by atoms with van der Waals surface area (Å²) in [5.41, 5.74) is 0.302. The standard InChI is InChI=1S/C18H29N3O2/c1-13(16(22)23-18(2,3)4)15-11-20-17(21-12-15)19-10-14-8-6-5-7-9-14/h11-14H,5-10H2,1-4H3,(H,19,20,21). The molecule has 1 aliphatic rings. The van der Waals surface area contributed by atoms with Gasteiger partial charge in [-0.1, -0.05) is 19.3 Å². The maximum absolute atomic E-state index is 12.1. The molecule has 23 heavy (non-hydrogen) atoms. The van der Waals surface area contributed by atoms with Gasteiger partial charge in [-0.15, -0.1) is 0 Å². The minimum atomic E-state index is -0.478. The summed E-state index contributed by atoms with van der Waals surface area (Å²) in [6.45, 7) is 8.36. The minimum Gasteiger partial charge on any atom is -0.460 e. The molecule has 0 amide bonds. The number of hydrogen-bond donors (Lipinski definition) is 1. The molecular formula is C18H29N3O2. The molecule has 0 spiro atoms. The van der Waals surface area contributed by atoms with Crippen LogP contribution in [0.25, 0.3) is 0 Å². The number of nitrogens with zero attached hydrogens (tertiary/aromatic N) is 2. The highest BCUT2D eigenvalue weighted by atomic mass is 16.6. The molecule has 1 aromatic rings. The number of nitrogens with one attached hydrogen (secondary N) is 1. The monoisotopic (exact) mass is 319 g/mol. The lowest BCUT2D eigenvalue weighted by atomic mass is 9.89. The smallest absolute Gasteiger partial charge is 0.313 e. The van der Waals surface area contributed by atoms with Crippen molar-refractivity contribution in [2.45, 2.75) is 71.3 Å². The van der Waals surface area contributed by atoms with E-state index in [1.807, 2.05) is 27.7 Å². The van der Waals surface area contributed by atoms with Gasteiger partial charge in [0.15, 0.2) is 0 Å². The van der Waals surface area contributed by atoms with Gasteiger partial charge in [-0.2, -0.15) is 0 Å². The Balaban J connectivity index is 1.87. The molecule has 0 saturated heterocycles. The number of carbonyl (C=O) groups excluding carboxylic acids is 1. The van der Waals surface area contributed by atoms with Gasteiger partial charge >= 0.3 is 5.97 Å². The highest BCUT2D eigenvalue weighted by molar-refractivity contribution is 5.77. The molecule has 1 unspecified atom stereocenters. The van der Waals surface area contributed by atoms with Crippen molar-refractivity contribution in [3.63, 3.8) is 0 Å². The molecule has 0 bridgehead atoms. The van der Waals surface area contributed by atoms with Crippen LogP contribution in [-0.4, -0.2) is 28.1 Å². The summed E-state index contributed by atoms with van der Waals surface area (Å²) < 4.78 is 5.40. The van der Waals surface area contributed by atoms with E-state index < -0.39 is 5.60 Å². The maximum Gasteiger partial charge on any atom is 0.313 e. The summed E-state index contributed by atoms with van der Waals surface area (Å²) >= 11 is 0. The molecule has 0 aromatic carbocycles. The Labute approximate surface area is 139 Å². The van der Waals surface area contributed by atoms with Crippen LogP contribution >= 0.6 is 0 Å². The molecule has 128 valence electrons. The molecule has 1 aromatic heterocycles. The summed E-state index contributed by atoms with van der Waals surface area (Å²) in [6, 6.07) is 0. The lowest BCUT2D eigenvalue weighted by Crippen LogP contribution is -2.27. The van der Waals surface area contributed by atoms with Gasteiger partial charge in [-0.05, 0) is 46.5 Å². The zero-order valence-corrected chi connectivity index (χ0v) is 14.8. The molecule has 0 radical (unpaired) electrons. The quantitative estimate of drug-likeness (QED) is 0.834. The van der Waals surface area contributed by atoms with E-state index in [1.54, 1.807) is 12.4 Å². The molecule has 1 atom stereocenters. The van der Waals surface area contributed by atoms with Gasteiger partial charge in [-0.25, -0.2) is 9.97 Å². The van der Waals surface area contributed by atoms with Gasteiger partial charge < -0.3 is 10.1 Å². The second-order valence-corrected chi connectivity index (χ2v) is 7.48. The first-order valence-corrected chi connectivity index (χ1v) is 8.64. The molecule has 5 nitrogen and oxygen atoms in total. The van der Waals surface area contributed by atoms with Gasteiger partial charge in [0, 0.05) is 24.5 Å². The van der Waals surface area contributed by atoms with Crippen LogP contribution in [0.1, 0.15) is 71.3 Å². The van der Waals surface area contributed by atoms with E-state index in [1.165, 1.54) is 32.1 Å². The lowest BCUT2D eigenvalue weighted by molar-refractivity contribution is -0.156. The van der Waals surface area contributed by atoms with Gasteiger partial charge in [0.2, 0.25) is 5.95 Å². The van der Waals surface area contributed by atoms with Gasteiger partial charge in [0.25, 0.3) is 0 Å². The van der Waals surface area contributed by atoms with Crippen LogP contribution in [-0.2, 0) is 9.53 Å². The van der Waals surface area contributed by atoms with E-state index in [2.05, 4.69) is 15.3 Å². The van der Waals surface area contributed by atoms with Crippen molar-refractivity contribution in [2.75, 3.05) is 11.9 Å². The number of rotatable bonds is 5. The summed E-state index contributed by atoms with van der Waals surface area (Å²) in [4.78, 5) is 20.7. The SMILES string of the molecule is CC(C(=O)OC(C)(C)C)c1cnc(NCC2CCCCC2)nc1. The fraction of sp³-hybridized carbons (Fsp3) is 0.722. The third-order valence-electron chi connectivity index (χ3n) is 4.21. The minimum absolute atomic E-state index is 0.246. The molecule has 1 fully saturated rings. The Morgan fingerprint density at radius 2 is 1.87 bits per heavy atom. The summed E-state index contributed by atoms with van der Waals surface area (Å²) in [7, 11) is 0. The average Bonchev–Trinajstić information content (AvgIpc) is 2.52. The third-order valence-corrected chi connectivity index (χ3v) is 4.21. The number of anilines is 1. The normalized spacial score (nSPS) is 17.6. The predicted octanol–water partition coefficient (Wildman–Crippen LogP) is 3.91. The highest BCUT2D eigenvalue weighted by Crippen LogP contribution is 2.24. The van der Waals surface area contributed by atoms with Crippen molar-refractivity contribution in [1.82, 2.24) is 9.97 Å². The molecular weight excluding hydrogens is 290 g/mol. The van der Waals surface area contributed by atoms with E-state index in [4.69, 9.17) is 4.74 Å². The van der Waals surface area contributed by atoms with Crippen LogP contribution in [0, 0.1) is 5.92 Å². The van der Waals surface area contributed by atoms with Gasteiger partial charge in [0.05, 0.1) is 5.92 Å². The molecule has 1 heterocycles. The average molecular weight is 319 g/mol. The Morgan fingerprint density at radius 3 is 2.43 bits per heavy atom. The Hall–Kier alpha value is -1.65. The Bertz CT molecular complexity index is 502. The summed E-state index contributed by atoms with van der Waals surface area (Å²) in [5.74, 6) is 0.758. The van der Waals surface area contributed by atoms with Crippen molar-refractivity contribution in [3.8, 4) is 0 Å². The van der Waals surface area contributed by atoms with Crippen LogP contribution < -0.4 is 5.32 Å². The van der Waals surface area contributed by atoms with Crippen molar-refractivity contribution >= 4 is 11.9 Å². The van der Waals surface area contributed by atoms with Gasteiger partial charge in [-0.3, -0.25) is 4.79 Å². The number of ether oxygens (including phenoxy) is 1. The van der Waals surface area contributed by atoms with E-state index in [-0.39, 0.29) is 11.9 Å². The molecule has 0 aliphatic heterocycles. The summed E-state index contributed by atoms with van der Waals surface area (Å²) in [6.07, 6.45) is 10.0. The molecule has 1 saturated carbocycles. The zero-order chi connectivity index (χ0) is 16.9. The van der Waals surface area contributed by atoms with Crippen LogP contribution in [0.4, 0.5) is 5.95 Å². The van der Waals surface area contributed by atoms with Gasteiger partial charge in [0.1, 0.15) is 5.60 Å². The van der Waals surface area contributed by atoms with Crippen LogP contribution in [0.2, 0.25) is 0 Å². The van der Waals surface area contributed by atoms with Crippen molar-refractivity contribution < 1.29 is 9.53 Å². The topological polar surface area (TPSA) is 64.1 Å². The molecule has 2 rings (SSSR count). The second-order valence-electron chi connectivity index (χ2n) is 7.48. The first-order chi connectivity index (χ1) is 10.8. The number of aromatic nitrogens is 2. The summed E-state index contributed by atoms with van der Waals surface area (Å²) in [5, 5.41) is 3.31. The first-order valence-electron chi connectivity index (χ1n) is 8.64. The van der Waals surface area contributed by atoms with E-state index in [0.29, 0.717) is 5.95 Å². The molecule has 5 heteroatoms. The van der Waals surface area contributed by atoms with E-state index >= 15 is 0 Å². The third kappa shape index (κ3) is 5.81.